The Morgan fingerprint density at radius 1 is 1.09 bits per heavy atom. The zero-order chi connectivity index (χ0) is 22.6. The number of rotatable bonds is 4. The molecule has 3 aromatic heterocycles. The minimum atomic E-state index is -0.743. The van der Waals surface area contributed by atoms with Gasteiger partial charge < -0.3 is 14.6 Å². The highest BCUT2D eigenvalue weighted by Crippen LogP contribution is 2.45. The van der Waals surface area contributed by atoms with E-state index in [-0.39, 0.29) is 27.7 Å². The number of halogens is 2. The number of hydrogen-bond acceptors (Lipinski definition) is 6. The number of aromatic nitrogens is 2. The normalized spacial score (nSPS) is 11.3. The van der Waals surface area contributed by atoms with Crippen LogP contribution in [0.1, 0.15) is 21.9 Å². The first kappa shape index (κ1) is 20.0. The molecule has 5 rings (SSSR count). The van der Waals surface area contributed by atoms with E-state index in [0.29, 0.717) is 16.0 Å². The fourth-order valence-electron chi connectivity index (χ4n) is 3.52. The Kier molecular flexibility index (Phi) is 4.56. The van der Waals surface area contributed by atoms with E-state index in [4.69, 9.17) is 4.42 Å². The van der Waals surface area contributed by atoms with Gasteiger partial charge in [0.05, 0.1) is 21.5 Å². The molecule has 3 heterocycles. The van der Waals surface area contributed by atoms with Crippen LogP contribution in [0.4, 0.5) is 8.78 Å². The van der Waals surface area contributed by atoms with Crippen LogP contribution in [-0.2, 0) is 0 Å². The number of benzene rings is 2. The molecule has 0 spiro atoms. The first-order valence-corrected chi connectivity index (χ1v) is 10.3. The lowest BCUT2D eigenvalue weighted by molar-refractivity contribution is 0.101. The summed E-state index contributed by atoms with van der Waals surface area (Å²) in [6.07, 6.45) is 0. The van der Waals surface area contributed by atoms with Crippen LogP contribution in [0, 0.1) is 18.6 Å². The molecule has 2 N–H and O–H groups in total. The monoisotopic (exact) mass is 452 g/mol. The van der Waals surface area contributed by atoms with Crippen molar-refractivity contribution in [2.75, 3.05) is 0 Å². The van der Waals surface area contributed by atoms with Gasteiger partial charge in [-0.05, 0) is 49.4 Å². The molecule has 0 atom stereocenters. The van der Waals surface area contributed by atoms with Crippen molar-refractivity contribution in [3.05, 3.63) is 83.3 Å². The predicted molar refractivity (Wildman–Crippen MR) is 115 cm³/mol. The molecule has 5 aromatic rings. The average molecular weight is 452 g/mol. The molecule has 32 heavy (non-hydrogen) atoms. The maximum Gasteiger partial charge on any atom is 0.242 e. The second kappa shape index (κ2) is 7.31. The van der Waals surface area contributed by atoms with Gasteiger partial charge in [0.25, 0.3) is 0 Å². The van der Waals surface area contributed by atoms with E-state index in [1.165, 1.54) is 42.5 Å². The van der Waals surface area contributed by atoms with E-state index >= 15 is 0 Å². The summed E-state index contributed by atoms with van der Waals surface area (Å²) in [4.78, 5) is 17.6. The number of carbonyl (C=O) groups excluding carboxylic acids is 1. The SMILES string of the molecule is Cc1ccc(C(=O)c2c(O)c(O)n(-c3nc4ccc(F)cc4s3)c2-c2ccccc2F)o1. The van der Waals surface area contributed by atoms with Gasteiger partial charge in [0.1, 0.15) is 17.4 Å². The molecule has 0 bridgehead atoms. The minimum absolute atomic E-state index is 0.0415. The Morgan fingerprint density at radius 2 is 1.88 bits per heavy atom. The van der Waals surface area contributed by atoms with Gasteiger partial charge in [-0.25, -0.2) is 13.8 Å². The first-order valence-electron chi connectivity index (χ1n) is 9.44. The Hall–Kier alpha value is -3.98. The van der Waals surface area contributed by atoms with Crippen molar-refractivity contribution >= 4 is 27.3 Å². The Balaban J connectivity index is 1.84. The topological polar surface area (TPSA) is 88.5 Å². The second-order valence-electron chi connectivity index (χ2n) is 7.06. The minimum Gasteiger partial charge on any atom is -0.503 e. The molecule has 0 amide bonds. The van der Waals surface area contributed by atoms with E-state index in [1.54, 1.807) is 19.1 Å². The number of aryl methyl sites for hydroxylation is 1. The Morgan fingerprint density at radius 3 is 2.59 bits per heavy atom. The summed E-state index contributed by atoms with van der Waals surface area (Å²) in [5.74, 6) is -2.94. The third-order valence-electron chi connectivity index (χ3n) is 4.97. The van der Waals surface area contributed by atoms with Gasteiger partial charge in [-0.15, -0.1) is 0 Å². The van der Waals surface area contributed by atoms with Crippen molar-refractivity contribution < 1.29 is 28.2 Å². The fourth-order valence-corrected chi connectivity index (χ4v) is 4.52. The highest BCUT2D eigenvalue weighted by atomic mass is 32.1. The van der Waals surface area contributed by atoms with E-state index in [1.807, 2.05) is 0 Å². The van der Waals surface area contributed by atoms with E-state index in [0.717, 1.165) is 15.9 Å². The third-order valence-corrected chi connectivity index (χ3v) is 5.97. The van der Waals surface area contributed by atoms with Gasteiger partial charge in [0.2, 0.25) is 11.7 Å². The van der Waals surface area contributed by atoms with Crippen molar-refractivity contribution in [3.8, 4) is 28.0 Å². The van der Waals surface area contributed by atoms with Crippen LogP contribution >= 0.6 is 11.3 Å². The number of carbonyl (C=O) groups is 1. The lowest BCUT2D eigenvalue weighted by Crippen LogP contribution is -2.05. The lowest BCUT2D eigenvalue weighted by atomic mass is 10.0. The number of fused-ring (bicyclic) bond motifs is 1. The molecule has 0 aliphatic heterocycles. The van der Waals surface area contributed by atoms with Crippen LogP contribution < -0.4 is 0 Å². The fraction of sp³-hybridized carbons (Fsp3) is 0.0435. The maximum absolute atomic E-state index is 14.8. The number of hydrogen-bond donors (Lipinski definition) is 2. The summed E-state index contributed by atoms with van der Waals surface area (Å²) in [6.45, 7) is 1.65. The molecule has 0 unspecified atom stereocenters. The number of ketones is 1. The van der Waals surface area contributed by atoms with E-state index in [2.05, 4.69) is 4.98 Å². The summed E-state index contributed by atoms with van der Waals surface area (Å²) >= 11 is 1.01. The molecule has 0 aliphatic carbocycles. The molecular formula is C23H14F2N2O4S. The molecular weight excluding hydrogens is 438 g/mol. The molecule has 2 aromatic carbocycles. The van der Waals surface area contributed by atoms with Gasteiger partial charge in [0.15, 0.2) is 16.6 Å². The summed E-state index contributed by atoms with van der Waals surface area (Å²) in [5, 5.41) is 21.6. The van der Waals surface area contributed by atoms with Crippen molar-refractivity contribution in [1.29, 1.82) is 0 Å². The Labute approximate surface area is 183 Å². The van der Waals surface area contributed by atoms with Crippen LogP contribution in [0.5, 0.6) is 11.6 Å². The third kappa shape index (κ3) is 3.05. The molecule has 0 fully saturated rings. The predicted octanol–water partition coefficient (Wildman–Crippen LogP) is 5.58. The number of nitrogens with zero attached hydrogens (tertiary/aromatic N) is 2. The molecule has 0 radical (unpaired) electrons. The van der Waals surface area contributed by atoms with Gasteiger partial charge in [-0.3, -0.25) is 9.36 Å². The molecule has 160 valence electrons. The van der Waals surface area contributed by atoms with Crippen LogP contribution in [-0.4, -0.2) is 25.5 Å². The van der Waals surface area contributed by atoms with Crippen LogP contribution in [0.2, 0.25) is 0 Å². The van der Waals surface area contributed by atoms with Crippen molar-refractivity contribution in [2.45, 2.75) is 6.92 Å². The number of thiazole rings is 1. The molecule has 0 saturated carbocycles. The molecule has 0 aliphatic rings. The summed E-state index contributed by atoms with van der Waals surface area (Å²) in [5.41, 5.74) is -0.0442. The van der Waals surface area contributed by atoms with Gasteiger partial charge in [-0.2, -0.15) is 0 Å². The average Bonchev–Trinajstić information content (AvgIpc) is 3.44. The number of furan rings is 1. The van der Waals surface area contributed by atoms with Crippen molar-refractivity contribution in [3.63, 3.8) is 0 Å². The molecule has 6 nitrogen and oxygen atoms in total. The largest absolute Gasteiger partial charge is 0.503 e. The Bertz CT molecular complexity index is 1520. The van der Waals surface area contributed by atoms with Crippen molar-refractivity contribution in [1.82, 2.24) is 9.55 Å². The quantitative estimate of drug-likeness (QED) is 0.348. The lowest BCUT2D eigenvalue weighted by Gasteiger charge is -2.09. The summed E-state index contributed by atoms with van der Waals surface area (Å²) in [7, 11) is 0. The zero-order valence-electron chi connectivity index (χ0n) is 16.5. The smallest absolute Gasteiger partial charge is 0.242 e. The highest BCUT2D eigenvalue weighted by Gasteiger charge is 2.33. The van der Waals surface area contributed by atoms with E-state index < -0.39 is 29.0 Å². The first-order chi connectivity index (χ1) is 15.3. The van der Waals surface area contributed by atoms with Crippen LogP contribution in [0.25, 0.3) is 26.6 Å². The summed E-state index contributed by atoms with van der Waals surface area (Å²) < 4.78 is 35.5. The van der Waals surface area contributed by atoms with E-state index in [9.17, 15) is 23.8 Å². The van der Waals surface area contributed by atoms with Crippen molar-refractivity contribution in [2.24, 2.45) is 0 Å². The highest BCUT2D eigenvalue weighted by molar-refractivity contribution is 7.20. The van der Waals surface area contributed by atoms with Crippen LogP contribution in [0.15, 0.2) is 59.0 Å². The van der Waals surface area contributed by atoms with Gasteiger partial charge in [0, 0.05) is 5.56 Å². The molecule has 0 saturated heterocycles. The zero-order valence-corrected chi connectivity index (χ0v) is 17.3. The van der Waals surface area contributed by atoms with Gasteiger partial charge >= 0.3 is 0 Å². The summed E-state index contributed by atoms with van der Waals surface area (Å²) in [6, 6.07) is 12.6. The second-order valence-corrected chi connectivity index (χ2v) is 8.07. The van der Waals surface area contributed by atoms with Crippen LogP contribution in [0.3, 0.4) is 0 Å². The molecule has 9 heteroatoms. The number of aromatic hydroxyl groups is 2. The maximum atomic E-state index is 14.8. The van der Waals surface area contributed by atoms with Gasteiger partial charge in [-0.1, -0.05) is 23.5 Å². The standard InChI is InChI=1S/C23H14F2N2O4S/c1-11-6-9-16(31-11)20(28)18-19(13-4-2-3-5-14(13)25)27(22(30)21(18)29)23-26-15-8-7-12(24)10-17(15)32-23/h2-10,29-30H,1H3.